The molecule has 1 aliphatic rings. The van der Waals surface area contributed by atoms with E-state index in [1.54, 1.807) is 0 Å². The quantitative estimate of drug-likeness (QED) is 0.683. The Balaban J connectivity index is 2.41. The molecule has 0 spiro atoms. The second kappa shape index (κ2) is 8.81. The number of nitrogens with one attached hydrogen (secondary N) is 1. The fourth-order valence-electron chi connectivity index (χ4n) is 2.36. The first-order chi connectivity index (χ1) is 9.93. The van der Waals surface area contributed by atoms with Crippen molar-refractivity contribution in [1.82, 2.24) is 5.32 Å². The molecule has 21 heavy (non-hydrogen) atoms. The number of Topliss-reactive ketones (excluding diaryl/α,β-unsaturated/α-hetero) is 1. The van der Waals surface area contributed by atoms with Crippen molar-refractivity contribution in [2.75, 3.05) is 0 Å². The molecule has 1 unspecified atom stereocenters. The molecule has 1 aliphatic carbocycles. The number of ketones is 1. The minimum Gasteiger partial charge on any atom is -0.330 e. The molecule has 0 fully saturated rings. The molecule has 0 aromatic carbocycles. The van der Waals surface area contributed by atoms with Gasteiger partial charge in [-0.05, 0) is 37.7 Å². The Hall–Kier alpha value is -1.38. The lowest BCUT2D eigenvalue weighted by Crippen LogP contribution is -2.26. The summed E-state index contributed by atoms with van der Waals surface area (Å²) in [6, 6.07) is 0. The van der Waals surface area contributed by atoms with Gasteiger partial charge in [0.15, 0.2) is 0 Å². The number of carbonyl (C=O) groups is 2. The summed E-state index contributed by atoms with van der Waals surface area (Å²) in [6.45, 7) is 7.92. The van der Waals surface area contributed by atoms with Crippen LogP contribution in [-0.2, 0) is 9.59 Å². The highest BCUT2D eigenvalue weighted by atomic mass is 16.1. The molecule has 118 valence electrons. The lowest BCUT2D eigenvalue weighted by Gasteiger charge is -2.21. The van der Waals surface area contributed by atoms with Gasteiger partial charge in [0.1, 0.15) is 5.78 Å². The predicted molar refractivity (Wildman–Crippen MR) is 86.7 cm³/mol. The van der Waals surface area contributed by atoms with Crippen molar-refractivity contribution in [3.8, 4) is 0 Å². The number of allylic oxidation sites excluding steroid dienone is 4. The normalized spacial score (nSPS) is 18.2. The van der Waals surface area contributed by atoms with Crippen LogP contribution in [0.15, 0.2) is 23.4 Å². The molecule has 0 aliphatic heterocycles. The van der Waals surface area contributed by atoms with Gasteiger partial charge in [-0.1, -0.05) is 39.3 Å². The largest absolute Gasteiger partial charge is 0.330 e. The number of hydrogen-bond acceptors (Lipinski definition) is 2. The Labute approximate surface area is 128 Å². The molecular weight excluding hydrogens is 262 g/mol. The van der Waals surface area contributed by atoms with E-state index in [1.165, 1.54) is 5.57 Å². The Morgan fingerprint density at radius 3 is 2.67 bits per heavy atom. The third-order valence-electron chi connectivity index (χ3n) is 3.99. The Morgan fingerprint density at radius 1 is 1.33 bits per heavy atom. The van der Waals surface area contributed by atoms with Crippen molar-refractivity contribution in [2.24, 2.45) is 11.8 Å². The van der Waals surface area contributed by atoms with Crippen LogP contribution in [0.3, 0.4) is 0 Å². The van der Waals surface area contributed by atoms with E-state index in [1.807, 2.05) is 20.8 Å². The molecule has 0 radical (unpaired) electrons. The highest BCUT2D eigenvalue weighted by Gasteiger charge is 2.15. The predicted octanol–water partition coefficient (Wildman–Crippen LogP) is 4.15. The van der Waals surface area contributed by atoms with E-state index in [2.05, 4.69) is 24.4 Å². The number of carbonyl (C=O) groups excluding carboxylic acids is 2. The van der Waals surface area contributed by atoms with Gasteiger partial charge >= 0.3 is 0 Å². The Bertz CT molecular complexity index is 432. The summed E-state index contributed by atoms with van der Waals surface area (Å²) in [6.07, 6.45) is 9.53. The molecule has 0 bridgehead atoms. The van der Waals surface area contributed by atoms with E-state index in [4.69, 9.17) is 0 Å². The smallest absolute Gasteiger partial charge is 0.223 e. The first-order valence-electron chi connectivity index (χ1n) is 8.17. The van der Waals surface area contributed by atoms with Gasteiger partial charge in [-0.15, -0.1) is 0 Å². The van der Waals surface area contributed by atoms with E-state index in [-0.39, 0.29) is 11.8 Å². The van der Waals surface area contributed by atoms with E-state index in [9.17, 15) is 9.59 Å². The van der Waals surface area contributed by atoms with Crippen molar-refractivity contribution in [2.45, 2.75) is 66.2 Å². The summed E-state index contributed by atoms with van der Waals surface area (Å²) >= 11 is 0. The van der Waals surface area contributed by atoms with Crippen LogP contribution in [0.1, 0.15) is 66.2 Å². The zero-order valence-corrected chi connectivity index (χ0v) is 13.9. The average Bonchev–Trinajstić information content (AvgIpc) is 2.46. The summed E-state index contributed by atoms with van der Waals surface area (Å²) in [5.41, 5.74) is 2.33. The molecule has 3 nitrogen and oxygen atoms in total. The lowest BCUT2D eigenvalue weighted by atomic mass is 9.91. The van der Waals surface area contributed by atoms with Gasteiger partial charge in [0, 0.05) is 24.5 Å². The molecule has 0 saturated heterocycles. The maximum Gasteiger partial charge on any atom is 0.223 e. The molecule has 1 atom stereocenters. The lowest BCUT2D eigenvalue weighted by molar-refractivity contribution is -0.122. The summed E-state index contributed by atoms with van der Waals surface area (Å²) in [5.74, 6) is 0.965. The van der Waals surface area contributed by atoms with E-state index in [0.717, 1.165) is 31.4 Å². The number of rotatable bonds is 8. The van der Waals surface area contributed by atoms with Crippen molar-refractivity contribution in [3.05, 3.63) is 23.4 Å². The van der Waals surface area contributed by atoms with Crippen LogP contribution in [0.4, 0.5) is 0 Å². The second-order valence-electron chi connectivity index (χ2n) is 6.25. The molecule has 0 saturated carbocycles. The van der Waals surface area contributed by atoms with Gasteiger partial charge in [0.05, 0.1) is 0 Å². The summed E-state index contributed by atoms with van der Waals surface area (Å²) in [4.78, 5) is 23.1. The van der Waals surface area contributed by atoms with Crippen LogP contribution in [0.5, 0.6) is 0 Å². The molecule has 1 N–H and O–H groups in total. The minimum atomic E-state index is 0.0804. The fourth-order valence-corrected chi connectivity index (χ4v) is 2.36. The van der Waals surface area contributed by atoms with E-state index >= 15 is 0 Å². The van der Waals surface area contributed by atoms with Crippen molar-refractivity contribution < 1.29 is 9.59 Å². The van der Waals surface area contributed by atoms with Gasteiger partial charge in [-0.25, -0.2) is 0 Å². The summed E-state index contributed by atoms with van der Waals surface area (Å²) < 4.78 is 0. The maximum atomic E-state index is 11.6. The topological polar surface area (TPSA) is 46.2 Å². The van der Waals surface area contributed by atoms with Crippen LogP contribution in [-0.4, -0.2) is 11.7 Å². The number of unbranched alkanes of at least 4 members (excludes halogenated alkanes) is 1. The molecule has 0 heterocycles. The molecule has 3 heteroatoms. The van der Waals surface area contributed by atoms with Crippen molar-refractivity contribution >= 4 is 11.7 Å². The first kappa shape index (κ1) is 17.7. The molecule has 1 amide bonds. The Morgan fingerprint density at radius 2 is 2.05 bits per heavy atom. The van der Waals surface area contributed by atoms with Crippen LogP contribution >= 0.6 is 0 Å². The van der Waals surface area contributed by atoms with E-state index < -0.39 is 0 Å². The third-order valence-corrected chi connectivity index (χ3v) is 3.99. The molecular formula is C18H29NO2. The molecule has 1 rings (SSSR count). The van der Waals surface area contributed by atoms with Gasteiger partial charge < -0.3 is 5.32 Å². The van der Waals surface area contributed by atoms with Crippen LogP contribution < -0.4 is 5.32 Å². The standard InChI is InChI=1S/C18H29NO2/c1-5-18(21)19-16-12-15(11-10-14(16)4)8-6-7-9-17(20)13(2)3/h11-14H,5-10H2,1-4H3,(H,19,21). The zero-order chi connectivity index (χ0) is 15.8. The number of hydrogen-bond donors (Lipinski definition) is 1. The van der Waals surface area contributed by atoms with Crippen LogP contribution in [0.25, 0.3) is 0 Å². The molecule has 0 aromatic heterocycles. The maximum absolute atomic E-state index is 11.6. The van der Waals surface area contributed by atoms with Gasteiger partial charge in [-0.2, -0.15) is 0 Å². The SMILES string of the molecule is CCC(=O)NC1=CC(CCCCC(=O)C(C)C)=CCC1C. The van der Waals surface area contributed by atoms with Gasteiger partial charge in [0.25, 0.3) is 0 Å². The highest BCUT2D eigenvalue weighted by molar-refractivity contribution is 5.80. The van der Waals surface area contributed by atoms with Gasteiger partial charge in [-0.3, -0.25) is 9.59 Å². The van der Waals surface area contributed by atoms with Crippen LogP contribution in [0, 0.1) is 11.8 Å². The molecule has 0 aromatic rings. The van der Waals surface area contributed by atoms with Crippen molar-refractivity contribution in [1.29, 1.82) is 0 Å². The summed E-state index contributed by atoms with van der Waals surface area (Å²) in [7, 11) is 0. The Kier molecular flexibility index (Phi) is 7.41. The van der Waals surface area contributed by atoms with E-state index in [0.29, 0.717) is 24.5 Å². The van der Waals surface area contributed by atoms with Gasteiger partial charge in [0.2, 0.25) is 5.91 Å². The zero-order valence-electron chi connectivity index (χ0n) is 13.9. The van der Waals surface area contributed by atoms with Crippen LogP contribution in [0.2, 0.25) is 0 Å². The minimum absolute atomic E-state index is 0.0804. The highest BCUT2D eigenvalue weighted by Crippen LogP contribution is 2.25. The summed E-state index contributed by atoms with van der Waals surface area (Å²) in [5, 5.41) is 3.00. The monoisotopic (exact) mass is 291 g/mol. The second-order valence-corrected chi connectivity index (χ2v) is 6.25. The average molecular weight is 291 g/mol. The number of amides is 1. The fraction of sp³-hybridized carbons (Fsp3) is 0.667. The first-order valence-corrected chi connectivity index (χ1v) is 8.17. The third kappa shape index (κ3) is 6.28. The van der Waals surface area contributed by atoms with Crippen molar-refractivity contribution in [3.63, 3.8) is 0 Å².